The summed E-state index contributed by atoms with van der Waals surface area (Å²) in [7, 11) is -3.00. The van der Waals surface area contributed by atoms with Crippen molar-refractivity contribution in [2.24, 2.45) is 0 Å². The minimum atomic E-state index is -3.00. The van der Waals surface area contributed by atoms with E-state index in [4.69, 9.17) is 9.05 Å². The summed E-state index contributed by atoms with van der Waals surface area (Å²) in [6.07, 6.45) is 0.193. The molecule has 0 atom stereocenters. The predicted molar refractivity (Wildman–Crippen MR) is 65.8 cm³/mol. The van der Waals surface area contributed by atoms with Crippen molar-refractivity contribution in [1.82, 2.24) is 0 Å². The van der Waals surface area contributed by atoms with Gasteiger partial charge >= 0.3 is 7.60 Å². The fraction of sp³-hybridized carbons (Fsp3) is 0.455. The van der Waals surface area contributed by atoms with Crippen LogP contribution in [0, 0.1) is 0 Å². The largest absolute Gasteiger partial charge is 0.374 e. The molecule has 0 amide bonds. The normalized spacial score (nSPS) is 11.4. The second-order valence-electron chi connectivity index (χ2n) is 3.15. The van der Waals surface area contributed by atoms with E-state index >= 15 is 0 Å². The van der Waals surface area contributed by atoms with Crippen LogP contribution in [0.4, 0.5) is 5.69 Å². The molecule has 0 unspecified atom stereocenters. The molecule has 1 aromatic carbocycles. The van der Waals surface area contributed by atoms with E-state index < -0.39 is 7.60 Å². The first kappa shape index (κ1) is 13.2. The van der Waals surface area contributed by atoms with E-state index in [1.165, 1.54) is 0 Å². The molecule has 0 fully saturated rings. The zero-order valence-corrected chi connectivity index (χ0v) is 10.6. The Balaban J connectivity index is 2.53. The molecule has 0 aliphatic rings. The van der Waals surface area contributed by atoms with Gasteiger partial charge in [-0.25, -0.2) is 0 Å². The fourth-order valence-corrected chi connectivity index (χ4v) is 2.69. The average molecular weight is 243 g/mol. The lowest BCUT2D eigenvalue weighted by atomic mass is 10.3. The molecule has 0 aromatic heterocycles. The van der Waals surface area contributed by atoms with Crippen LogP contribution in [0.1, 0.15) is 13.8 Å². The molecule has 5 heteroatoms. The Hall–Kier alpha value is -0.830. The van der Waals surface area contributed by atoms with Crippen LogP contribution < -0.4 is 5.32 Å². The Kier molecular flexibility index (Phi) is 5.53. The van der Waals surface area contributed by atoms with Crippen LogP contribution in [0.2, 0.25) is 0 Å². The maximum absolute atomic E-state index is 12.1. The van der Waals surface area contributed by atoms with Crippen molar-refractivity contribution < 1.29 is 13.6 Å². The lowest BCUT2D eigenvalue weighted by Gasteiger charge is -2.17. The van der Waals surface area contributed by atoms with Crippen LogP contribution >= 0.6 is 7.60 Å². The van der Waals surface area contributed by atoms with E-state index in [1.54, 1.807) is 13.8 Å². The molecule has 0 aliphatic heterocycles. The summed E-state index contributed by atoms with van der Waals surface area (Å²) in [4.78, 5) is 0. The highest BCUT2D eigenvalue weighted by atomic mass is 31.2. The summed E-state index contributed by atoms with van der Waals surface area (Å²) >= 11 is 0. The first-order valence-corrected chi connectivity index (χ1v) is 7.10. The number of hydrogen-bond acceptors (Lipinski definition) is 4. The molecule has 4 nitrogen and oxygen atoms in total. The van der Waals surface area contributed by atoms with Crippen LogP contribution in [-0.4, -0.2) is 19.5 Å². The Morgan fingerprint density at radius 3 is 2.19 bits per heavy atom. The molecule has 1 N–H and O–H groups in total. The molecule has 0 radical (unpaired) electrons. The Bertz CT molecular complexity index is 332. The minimum Gasteiger partial charge on any atom is -0.374 e. The van der Waals surface area contributed by atoms with Gasteiger partial charge in [0.05, 0.1) is 13.2 Å². The molecule has 0 saturated carbocycles. The molecule has 0 saturated heterocycles. The molecule has 0 bridgehead atoms. The van der Waals surface area contributed by atoms with E-state index in [9.17, 15) is 4.57 Å². The van der Waals surface area contributed by atoms with Crippen molar-refractivity contribution in [2.45, 2.75) is 13.8 Å². The number of benzene rings is 1. The number of nitrogens with one attached hydrogen (secondary N) is 1. The third kappa shape index (κ3) is 4.35. The van der Waals surface area contributed by atoms with Gasteiger partial charge in [-0.2, -0.15) is 0 Å². The SMILES string of the molecule is CCOP(=O)(CNc1ccccc1)OCC. The molecular weight excluding hydrogens is 225 g/mol. The summed E-state index contributed by atoms with van der Waals surface area (Å²) in [6.45, 7) is 4.36. The first-order valence-electron chi connectivity index (χ1n) is 5.37. The molecule has 0 heterocycles. The standard InChI is InChI=1S/C11H18NO3P/c1-3-14-16(13,15-4-2)10-12-11-8-6-5-7-9-11/h5-9,12H,3-4,10H2,1-2H3. The topological polar surface area (TPSA) is 47.6 Å². The van der Waals surface area contributed by atoms with Crippen molar-refractivity contribution in [1.29, 1.82) is 0 Å². The van der Waals surface area contributed by atoms with Crippen molar-refractivity contribution in [2.75, 3.05) is 24.8 Å². The van der Waals surface area contributed by atoms with Crippen LogP contribution in [-0.2, 0) is 13.6 Å². The number of anilines is 1. The van der Waals surface area contributed by atoms with Gasteiger partial charge in [0.15, 0.2) is 0 Å². The van der Waals surface area contributed by atoms with Gasteiger partial charge in [-0.1, -0.05) is 18.2 Å². The monoisotopic (exact) mass is 243 g/mol. The van der Waals surface area contributed by atoms with Crippen LogP contribution in [0.25, 0.3) is 0 Å². The Morgan fingerprint density at radius 1 is 1.12 bits per heavy atom. The maximum atomic E-state index is 12.1. The van der Waals surface area contributed by atoms with Gasteiger partial charge in [0.2, 0.25) is 0 Å². The fourth-order valence-electron chi connectivity index (χ4n) is 1.27. The summed E-state index contributed by atoms with van der Waals surface area (Å²) in [5, 5.41) is 3.04. The van der Waals surface area contributed by atoms with E-state index in [0.29, 0.717) is 13.2 Å². The molecule has 16 heavy (non-hydrogen) atoms. The molecule has 1 rings (SSSR count). The van der Waals surface area contributed by atoms with Crippen LogP contribution in [0.15, 0.2) is 30.3 Å². The van der Waals surface area contributed by atoms with Crippen molar-refractivity contribution in [3.8, 4) is 0 Å². The lowest BCUT2D eigenvalue weighted by molar-refractivity contribution is 0.221. The average Bonchev–Trinajstić information content (AvgIpc) is 2.29. The van der Waals surface area contributed by atoms with Crippen LogP contribution in [0.5, 0.6) is 0 Å². The zero-order valence-electron chi connectivity index (χ0n) is 9.68. The first-order chi connectivity index (χ1) is 7.70. The van der Waals surface area contributed by atoms with Crippen molar-refractivity contribution in [3.05, 3.63) is 30.3 Å². The highest BCUT2D eigenvalue weighted by Gasteiger charge is 2.22. The van der Waals surface area contributed by atoms with E-state index in [2.05, 4.69) is 5.32 Å². The molecule has 0 aliphatic carbocycles. The van der Waals surface area contributed by atoms with Crippen molar-refractivity contribution >= 4 is 13.3 Å². The molecule has 90 valence electrons. The third-order valence-corrected chi connectivity index (χ3v) is 3.75. The Morgan fingerprint density at radius 2 is 1.69 bits per heavy atom. The van der Waals surface area contributed by atoms with Gasteiger partial charge in [-0.15, -0.1) is 0 Å². The Labute approximate surface area is 96.5 Å². The van der Waals surface area contributed by atoms with E-state index in [0.717, 1.165) is 5.69 Å². The smallest absolute Gasteiger partial charge is 0.349 e. The zero-order chi connectivity index (χ0) is 11.9. The lowest BCUT2D eigenvalue weighted by Crippen LogP contribution is -2.07. The summed E-state index contributed by atoms with van der Waals surface area (Å²) in [6, 6.07) is 9.56. The minimum absolute atomic E-state index is 0.193. The predicted octanol–water partition coefficient (Wildman–Crippen LogP) is 3.32. The number of para-hydroxylation sites is 1. The van der Waals surface area contributed by atoms with Gasteiger partial charge in [0.25, 0.3) is 0 Å². The van der Waals surface area contributed by atoms with E-state index in [1.807, 2.05) is 30.3 Å². The van der Waals surface area contributed by atoms with Gasteiger partial charge in [0, 0.05) is 5.69 Å². The second-order valence-corrected chi connectivity index (χ2v) is 5.20. The van der Waals surface area contributed by atoms with Gasteiger partial charge < -0.3 is 14.4 Å². The second kappa shape index (κ2) is 6.69. The summed E-state index contributed by atoms with van der Waals surface area (Å²) in [5.41, 5.74) is 0.905. The van der Waals surface area contributed by atoms with Crippen LogP contribution in [0.3, 0.4) is 0 Å². The summed E-state index contributed by atoms with van der Waals surface area (Å²) in [5.74, 6) is 0. The van der Waals surface area contributed by atoms with Gasteiger partial charge in [-0.05, 0) is 26.0 Å². The highest BCUT2D eigenvalue weighted by molar-refractivity contribution is 7.53. The third-order valence-electron chi connectivity index (χ3n) is 1.90. The van der Waals surface area contributed by atoms with Crippen molar-refractivity contribution in [3.63, 3.8) is 0 Å². The van der Waals surface area contributed by atoms with E-state index in [-0.39, 0.29) is 6.29 Å². The maximum Gasteiger partial charge on any atom is 0.349 e. The highest BCUT2D eigenvalue weighted by Crippen LogP contribution is 2.47. The summed E-state index contributed by atoms with van der Waals surface area (Å²) < 4.78 is 22.4. The number of hydrogen-bond donors (Lipinski definition) is 1. The molecule has 1 aromatic rings. The van der Waals surface area contributed by atoms with Gasteiger partial charge in [-0.3, -0.25) is 4.57 Å². The van der Waals surface area contributed by atoms with Gasteiger partial charge in [0.1, 0.15) is 6.29 Å². The molecular formula is C11H18NO3P. The number of rotatable bonds is 7. The quantitative estimate of drug-likeness (QED) is 0.746. The molecule has 0 spiro atoms.